The standard InChI is InChI=1S/C13H25NO3/c1-5-12(6-2)7-8-13(14-9-15)11(3)17-10-16-4/h7-9,11-13H,5-6,10H2,1-4H3,(H,14,15)/b8-7+. The number of ether oxygens (including phenoxy) is 2. The highest BCUT2D eigenvalue weighted by molar-refractivity contribution is 5.47. The predicted octanol–water partition coefficient (Wildman–Crippen LogP) is 2.10. The highest BCUT2D eigenvalue weighted by Crippen LogP contribution is 2.10. The van der Waals surface area contributed by atoms with Crippen molar-refractivity contribution in [2.24, 2.45) is 5.92 Å². The van der Waals surface area contributed by atoms with Crippen molar-refractivity contribution in [3.8, 4) is 0 Å². The number of nitrogens with one attached hydrogen (secondary N) is 1. The second-order valence-electron chi connectivity index (χ2n) is 4.05. The molecule has 0 rings (SSSR count). The Balaban J connectivity index is 4.34. The zero-order chi connectivity index (χ0) is 13.1. The number of methoxy groups -OCH3 is 1. The maximum Gasteiger partial charge on any atom is 0.207 e. The minimum atomic E-state index is -0.108. The molecule has 2 atom stereocenters. The minimum Gasteiger partial charge on any atom is -0.359 e. The smallest absolute Gasteiger partial charge is 0.207 e. The van der Waals surface area contributed by atoms with Crippen molar-refractivity contribution in [2.45, 2.75) is 45.8 Å². The van der Waals surface area contributed by atoms with E-state index in [2.05, 4.69) is 25.2 Å². The van der Waals surface area contributed by atoms with E-state index in [9.17, 15) is 4.79 Å². The van der Waals surface area contributed by atoms with E-state index in [1.807, 2.05) is 13.0 Å². The molecule has 0 saturated heterocycles. The summed E-state index contributed by atoms with van der Waals surface area (Å²) in [4.78, 5) is 10.5. The number of hydrogen-bond donors (Lipinski definition) is 1. The molecule has 17 heavy (non-hydrogen) atoms. The molecular weight excluding hydrogens is 218 g/mol. The monoisotopic (exact) mass is 243 g/mol. The molecule has 0 fully saturated rings. The van der Waals surface area contributed by atoms with E-state index < -0.39 is 0 Å². The summed E-state index contributed by atoms with van der Waals surface area (Å²) in [6.07, 6.45) is 6.96. The van der Waals surface area contributed by atoms with Gasteiger partial charge in [0, 0.05) is 7.11 Å². The Bertz CT molecular complexity index is 215. The number of carbonyl (C=O) groups is 1. The number of allylic oxidation sites excluding steroid dienone is 1. The van der Waals surface area contributed by atoms with Crippen LogP contribution in [0.25, 0.3) is 0 Å². The molecule has 0 aromatic heterocycles. The third-order valence-electron chi connectivity index (χ3n) is 2.85. The summed E-state index contributed by atoms with van der Waals surface area (Å²) in [5, 5.41) is 2.75. The maximum atomic E-state index is 10.5. The molecular formula is C13H25NO3. The highest BCUT2D eigenvalue weighted by Gasteiger charge is 2.14. The number of hydrogen-bond acceptors (Lipinski definition) is 3. The molecule has 4 nitrogen and oxygen atoms in total. The molecule has 0 heterocycles. The van der Waals surface area contributed by atoms with Crippen LogP contribution in [-0.2, 0) is 14.3 Å². The van der Waals surface area contributed by atoms with Crippen molar-refractivity contribution in [1.82, 2.24) is 5.32 Å². The zero-order valence-electron chi connectivity index (χ0n) is 11.3. The van der Waals surface area contributed by atoms with Gasteiger partial charge in [-0.05, 0) is 25.7 Å². The Morgan fingerprint density at radius 3 is 2.35 bits per heavy atom. The Morgan fingerprint density at radius 1 is 1.24 bits per heavy atom. The molecule has 0 saturated carbocycles. The van der Waals surface area contributed by atoms with Gasteiger partial charge in [-0.3, -0.25) is 4.79 Å². The van der Waals surface area contributed by atoms with Crippen molar-refractivity contribution in [3.05, 3.63) is 12.2 Å². The average Bonchev–Trinajstić information content (AvgIpc) is 2.35. The molecule has 100 valence electrons. The first-order chi connectivity index (χ1) is 8.19. The van der Waals surface area contributed by atoms with Gasteiger partial charge in [0.2, 0.25) is 6.41 Å². The van der Waals surface area contributed by atoms with Crippen LogP contribution in [0.3, 0.4) is 0 Å². The minimum absolute atomic E-state index is 0.106. The molecule has 0 radical (unpaired) electrons. The van der Waals surface area contributed by atoms with Gasteiger partial charge < -0.3 is 14.8 Å². The lowest BCUT2D eigenvalue weighted by atomic mass is 10.0. The first-order valence-electron chi connectivity index (χ1n) is 6.18. The second-order valence-corrected chi connectivity index (χ2v) is 4.05. The second kappa shape index (κ2) is 10.3. The van der Waals surface area contributed by atoms with E-state index in [0.29, 0.717) is 12.3 Å². The Hall–Kier alpha value is -0.870. The van der Waals surface area contributed by atoms with E-state index in [4.69, 9.17) is 9.47 Å². The summed E-state index contributed by atoms with van der Waals surface area (Å²) in [5.41, 5.74) is 0. The van der Waals surface area contributed by atoms with Gasteiger partial charge in [0.1, 0.15) is 6.79 Å². The van der Waals surface area contributed by atoms with Crippen LogP contribution in [0.15, 0.2) is 12.2 Å². The van der Waals surface area contributed by atoms with Crippen LogP contribution in [0.2, 0.25) is 0 Å². The van der Waals surface area contributed by atoms with Crippen LogP contribution in [0.4, 0.5) is 0 Å². The van der Waals surface area contributed by atoms with E-state index in [1.165, 1.54) is 0 Å². The fraction of sp³-hybridized carbons (Fsp3) is 0.769. The van der Waals surface area contributed by atoms with E-state index in [0.717, 1.165) is 12.8 Å². The van der Waals surface area contributed by atoms with Crippen LogP contribution in [0.1, 0.15) is 33.6 Å². The molecule has 1 amide bonds. The van der Waals surface area contributed by atoms with Crippen LogP contribution in [0.5, 0.6) is 0 Å². The van der Waals surface area contributed by atoms with Crippen molar-refractivity contribution in [2.75, 3.05) is 13.9 Å². The maximum absolute atomic E-state index is 10.5. The van der Waals surface area contributed by atoms with Crippen molar-refractivity contribution < 1.29 is 14.3 Å². The van der Waals surface area contributed by atoms with Crippen LogP contribution in [0, 0.1) is 5.92 Å². The average molecular weight is 243 g/mol. The SMILES string of the molecule is CCC(/C=C/C(NC=O)C(C)OCOC)CC. The molecule has 0 aliphatic heterocycles. The van der Waals surface area contributed by atoms with Crippen molar-refractivity contribution in [3.63, 3.8) is 0 Å². The van der Waals surface area contributed by atoms with Gasteiger partial charge in [-0.1, -0.05) is 26.0 Å². The van der Waals surface area contributed by atoms with Gasteiger partial charge in [-0.15, -0.1) is 0 Å². The summed E-state index contributed by atoms with van der Waals surface area (Å²) in [6.45, 7) is 6.46. The highest BCUT2D eigenvalue weighted by atomic mass is 16.7. The lowest BCUT2D eigenvalue weighted by Gasteiger charge is -2.21. The first-order valence-corrected chi connectivity index (χ1v) is 6.18. The van der Waals surface area contributed by atoms with Crippen molar-refractivity contribution >= 4 is 6.41 Å². The first kappa shape index (κ1) is 16.1. The van der Waals surface area contributed by atoms with Crippen LogP contribution >= 0.6 is 0 Å². The fourth-order valence-electron chi connectivity index (χ4n) is 1.54. The zero-order valence-corrected chi connectivity index (χ0v) is 11.3. The molecule has 0 aliphatic carbocycles. The predicted molar refractivity (Wildman–Crippen MR) is 68.6 cm³/mol. The lowest BCUT2D eigenvalue weighted by molar-refractivity contribution is -0.112. The molecule has 0 bridgehead atoms. The summed E-state index contributed by atoms with van der Waals surface area (Å²) < 4.78 is 10.3. The van der Waals surface area contributed by atoms with Gasteiger partial charge in [0.15, 0.2) is 0 Å². The van der Waals surface area contributed by atoms with Gasteiger partial charge in [-0.2, -0.15) is 0 Å². The van der Waals surface area contributed by atoms with E-state index >= 15 is 0 Å². The van der Waals surface area contributed by atoms with Gasteiger partial charge in [0.25, 0.3) is 0 Å². The van der Waals surface area contributed by atoms with Gasteiger partial charge in [-0.25, -0.2) is 0 Å². The number of rotatable bonds is 10. The molecule has 0 aromatic carbocycles. The van der Waals surface area contributed by atoms with Crippen LogP contribution in [-0.4, -0.2) is 32.5 Å². The fourth-order valence-corrected chi connectivity index (χ4v) is 1.54. The van der Waals surface area contributed by atoms with Crippen LogP contribution < -0.4 is 5.32 Å². The Labute approximate surface area is 104 Å². The number of carbonyl (C=O) groups excluding carboxylic acids is 1. The molecule has 4 heteroatoms. The van der Waals surface area contributed by atoms with E-state index in [1.54, 1.807) is 7.11 Å². The van der Waals surface area contributed by atoms with Crippen molar-refractivity contribution in [1.29, 1.82) is 0 Å². The third-order valence-corrected chi connectivity index (χ3v) is 2.85. The van der Waals surface area contributed by atoms with Gasteiger partial charge >= 0.3 is 0 Å². The molecule has 1 N–H and O–H groups in total. The number of amides is 1. The van der Waals surface area contributed by atoms with E-state index in [-0.39, 0.29) is 18.9 Å². The third kappa shape index (κ3) is 7.13. The summed E-state index contributed by atoms with van der Waals surface area (Å²) >= 11 is 0. The topological polar surface area (TPSA) is 47.6 Å². The molecule has 0 aliphatic rings. The molecule has 0 aromatic rings. The largest absolute Gasteiger partial charge is 0.359 e. The quantitative estimate of drug-likeness (QED) is 0.363. The normalized spacial score (nSPS) is 15.1. The van der Waals surface area contributed by atoms with Gasteiger partial charge in [0.05, 0.1) is 12.1 Å². The summed E-state index contributed by atoms with van der Waals surface area (Å²) in [5.74, 6) is 0.556. The molecule has 0 spiro atoms. The summed E-state index contributed by atoms with van der Waals surface area (Å²) in [7, 11) is 1.58. The molecule has 2 unspecified atom stereocenters. The Morgan fingerprint density at radius 2 is 1.88 bits per heavy atom. The Kier molecular flexibility index (Phi) is 9.77. The lowest BCUT2D eigenvalue weighted by Crippen LogP contribution is -2.37. The summed E-state index contributed by atoms with van der Waals surface area (Å²) in [6, 6.07) is -0.108.